The molecule has 3 aliphatic heterocycles. The summed E-state index contributed by atoms with van der Waals surface area (Å²) >= 11 is 6.04. The number of anilines is 1. The Hall–Kier alpha value is -4.75. The lowest BCUT2D eigenvalue weighted by Gasteiger charge is -2.62. The summed E-state index contributed by atoms with van der Waals surface area (Å²) in [4.78, 5) is 61.3. The van der Waals surface area contributed by atoms with Crippen molar-refractivity contribution >= 4 is 47.1 Å². The maximum absolute atomic E-state index is 16.0. The summed E-state index contributed by atoms with van der Waals surface area (Å²) in [6.07, 6.45) is 12.8. The molecule has 3 saturated carbocycles. The maximum Gasteiger partial charge on any atom is 0.333 e. The molecule has 6 aliphatic rings. The minimum Gasteiger partial charge on any atom is -0.482 e. The molecule has 4 fully saturated rings. The molecule has 0 radical (unpaired) electrons. The number of alkyl halides is 1. The van der Waals surface area contributed by atoms with Gasteiger partial charge in [-0.2, -0.15) is 0 Å². The van der Waals surface area contributed by atoms with Crippen molar-refractivity contribution in [1.29, 1.82) is 0 Å². The van der Waals surface area contributed by atoms with E-state index in [2.05, 4.69) is 16.2 Å². The van der Waals surface area contributed by atoms with Gasteiger partial charge in [-0.25, -0.2) is 14.5 Å². The lowest BCUT2D eigenvalue weighted by molar-refractivity contribution is -0.209. The monoisotopic (exact) mass is 802 g/mol. The van der Waals surface area contributed by atoms with Crippen molar-refractivity contribution in [2.75, 3.05) is 18.7 Å². The molecule has 2 aromatic rings. The Balaban J connectivity index is 1.55. The van der Waals surface area contributed by atoms with Gasteiger partial charge in [0.25, 0.3) is 0 Å². The Kier molecular flexibility index (Phi) is 10.1. The third-order valence-electron chi connectivity index (χ3n) is 12.4. The number of esters is 2. The highest BCUT2D eigenvalue weighted by molar-refractivity contribution is 6.26. The largest absolute Gasteiger partial charge is 0.482 e. The van der Waals surface area contributed by atoms with Crippen molar-refractivity contribution in [2.24, 2.45) is 17.8 Å². The maximum atomic E-state index is 16.0. The van der Waals surface area contributed by atoms with Crippen LogP contribution in [0.3, 0.4) is 0 Å². The van der Waals surface area contributed by atoms with Gasteiger partial charge in [0.15, 0.2) is 28.5 Å². The van der Waals surface area contributed by atoms with E-state index in [0.29, 0.717) is 29.7 Å². The Morgan fingerprint density at radius 2 is 1.77 bits per heavy atom. The number of ether oxygens (including phenoxy) is 5. The van der Waals surface area contributed by atoms with Gasteiger partial charge in [-0.1, -0.05) is 29.4 Å². The van der Waals surface area contributed by atoms with E-state index in [9.17, 15) is 9.59 Å². The van der Waals surface area contributed by atoms with Crippen molar-refractivity contribution in [3.8, 4) is 17.2 Å². The lowest BCUT2D eigenvalue weighted by Crippen LogP contribution is -2.78. The summed E-state index contributed by atoms with van der Waals surface area (Å²) in [6, 6.07) is -0.894. The van der Waals surface area contributed by atoms with Gasteiger partial charge in [0.1, 0.15) is 34.9 Å². The summed E-state index contributed by atoms with van der Waals surface area (Å²) in [5.41, 5.74) is 4.35. The number of carbonyl (C=O) groups is 4. The number of hydrogen-bond donors (Lipinski definition) is 1. The predicted octanol–water partition coefficient (Wildman–Crippen LogP) is 6.87. The first-order valence-electron chi connectivity index (χ1n) is 19.4. The Morgan fingerprint density at radius 1 is 1.05 bits per heavy atom. The number of ketones is 2. The zero-order valence-electron chi connectivity index (χ0n) is 34.0. The molecule has 4 bridgehead atoms. The molecule has 1 aromatic carbocycles. The van der Waals surface area contributed by atoms with E-state index in [1.165, 1.54) is 23.7 Å². The SMILES string of the molecule is COC(=O)C(C)=CCC12OC(C)(C)C3CC(C1=O)C(n1cnc(N)n1)C1C(=O)c4c(OC(=O)CCl)c5c(c(CC=C(C)C)c4OC132)OC(C)(CCC=C(C)C)C=C5. The molecular formula is C43H51ClN4O9. The van der Waals surface area contributed by atoms with Gasteiger partial charge in [-0.15, -0.1) is 16.7 Å². The number of allylic oxidation sites excluding steroid dienone is 4. The number of rotatable bonds is 11. The molecule has 4 heterocycles. The van der Waals surface area contributed by atoms with E-state index in [1.807, 2.05) is 66.7 Å². The highest BCUT2D eigenvalue weighted by Crippen LogP contribution is 2.72. The van der Waals surface area contributed by atoms with E-state index in [0.717, 1.165) is 12.0 Å². The van der Waals surface area contributed by atoms with Gasteiger partial charge >= 0.3 is 11.9 Å². The minimum absolute atomic E-state index is 0.0295. The summed E-state index contributed by atoms with van der Waals surface area (Å²) in [5, 5.41) is 4.44. The third kappa shape index (κ3) is 6.23. The molecule has 1 spiro atoms. The van der Waals surface area contributed by atoms with Crippen molar-refractivity contribution in [1.82, 2.24) is 14.8 Å². The van der Waals surface area contributed by atoms with Crippen LogP contribution in [0.15, 0.2) is 47.4 Å². The van der Waals surface area contributed by atoms with E-state index in [-0.39, 0.29) is 47.2 Å². The molecule has 7 unspecified atom stereocenters. The second-order valence-electron chi connectivity index (χ2n) is 17.1. The lowest BCUT2D eigenvalue weighted by atomic mass is 9.45. The van der Waals surface area contributed by atoms with Crippen LogP contribution in [0, 0.1) is 17.8 Å². The molecule has 1 saturated heterocycles. The Morgan fingerprint density at radius 3 is 2.40 bits per heavy atom. The first kappa shape index (κ1) is 40.4. The number of nitrogens with zero attached hydrogens (tertiary/aromatic N) is 3. The topological polar surface area (TPSA) is 171 Å². The number of nitrogen functional groups attached to an aromatic ring is 1. The zero-order chi connectivity index (χ0) is 41.4. The van der Waals surface area contributed by atoms with Crippen LogP contribution in [0.4, 0.5) is 5.95 Å². The van der Waals surface area contributed by atoms with Crippen LogP contribution in [-0.4, -0.2) is 73.7 Å². The summed E-state index contributed by atoms with van der Waals surface area (Å²) in [6.45, 7) is 15.4. The van der Waals surface area contributed by atoms with Crippen molar-refractivity contribution in [3.05, 3.63) is 64.0 Å². The van der Waals surface area contributed by atoms with Crippen LogP contribution in [0.25, 0.3) is 6.08 Å². The number of aromatic nitrogens is 3. The van der Waals surface area contributed by atoms with E-state index in [4.69, 9.17) is 41.0 Å². The average molecular weight is 803 g/mol. The van der Waals surface area contributed by atoms with Crippen LogP contribution >= 0.6 is 11.6 Å². The molecule has 7 atom stereocenters. The van der Waals surface area contributed by atoms with Gasteiger partial charge in [0, 0.05) is 29.4 Å². The number of halogens is 1. The minimum atomic E-state index is -1.74. The van der Waals surface area contributed by atoms with Crippen LogP contribution in [0.2, 0.25) is 0 Å². The van der Waals surface area contributed by atoms with Crippen LogP contribution < -0.4 is 19.9 Å². The number of methoxy groups -OCH3 is 1. The van der Waals surface area contributed by atoms with Gasteiger partial charge < -0.3 is 29.4 Å². The average Bonchev–Trinajstić information content (AvgIpc) is 3.64. The predicted molar refractivity (Wildman–Crippen MR) is 212 cm³/mol. The van der Waals surface area contributed by atoms with Gasteiger partial charge in [-0.3, -0.25) is 14.4 Å². The van der Waals surface area contributed by atoms with Crippen LogP contribution in [0.5, 0.6) is 17.2 Å². The number of nitrogens with two attached hydrogens (primary N) is 1. The molecule has 1 aromatic heterocycles. The van der Waals surface area contributed by atoms with Crippen molar-refractivity contribution in [2.45, 2.75) is 116 Å². The van der Waals surface area contributed by atoms with Crippen molar-refractivity contribution in [3.63, 3.8) is 0 Å². The molecule has 8 rings (SSSR count). The molecule has 304 valence electrons. The molecule has 14 heteroatoms. The molecule has 2 N–H and O–H groups in total. The fraction of sp³-hybridized carbons (Fsp3) is 0.535. The van der Waals surface area contributed by atoms with Crippen molar-refractivity contribution < 1.29 is 42.9 Å². The quantitative estimate of drug-likeness (QED) is 0.0823. The van der Waals surface area contributed by atoms with Gasteiger partial charge in [0.2, 0.25) is 5.95 Å². The smallest absolute Gasteiger partial charge is 0.333 e. The standard InChI is InChI=1S/C43H51ClN4O9/c1-22(2)11-10-16-41(8)17-15-26-34(55-41)25(13-12-23(3)4)36-30(35(26)54-29(49)20-44)33(50)31-32(48-21-46-39(45)47-48)27-19-28-40(6,7)57-42(37(27)51,43(28,31)56-36)18-14-24(5)38(52)53-9/h11-12,14-15,17,21,27-28,31-32H,10,13,16,18-20H2,1-9H3,(H2,45,47). The zero-order valence-corrected chi connectivity index (χ0v) is 34.7. The number of Topliss-reactive ketones (excluding diaryl/α,β-unsaturated/α-hetero) is 2. The highest BCUT2D eigenvalue weighted by Gasteiger charge is 2.86. The Bertz CT molecular complexity index is 2190. The summed E-state index contributed by atoms with van der Waals surface area (Å²) < 4.78 is 34.0. The van der Waals surface area contributed by atoms with E-state index in [1.54, 1.807) is 13.0 Å². The number of fused-ring (bicyclic) bond motifs is 2. The van der Waals surface area contributed by atoms with Gasteiger partial charge in [0.05, 0.1) is 30.2 Å². The van der Waals surface area contributed by atoms with Crippen LogP contribution in [0.1, 0.15) is 109 Å². The number of carbonyl (C=O) groups excluding carboxylic acids is 4. The van der Waals surface area contributed by atoms with E-state index < -0.39 is 69.8 Å². The molecule has 57 heavy (non-hydrogen) atoms. The second-order valence-corrected chi connectivity index (χ2v) is 17.4. The molecule has 3 aliphatic carbocycles. The molecule has 13 nitrogen and oxygen atoms in total. The normalized spacial score (nSPS) is 30.0. The van der Waals surface area contributed by atoms with Crippen LogP contribution in [-0.2, 0) is 30.3 Å². The summed E-state index contributed by atoms with van der Waals surface area (Å²) in [7, 11) is 1.28. The second kappa shape index (κ2) is 14.3. The number of hydrogen-bond acceptors (Lipinski definition) is 12. The van der Waals surface area contributed by atoms with E-state index >= 15 is 9.59 Å². The molecular weight excluding hydrogens is 752 g/mol. The fourth-order valence-electron chi connectivity index (χ4n) is 9.92. The van der Waals surface area contributed by atoms with Gasteiger partial charge in [-0.05, 0) is 93.2 Å². The third-order valence-corrected chi connectivity index (χ3v) is 12.6. The first-order valence-corrected chi connectivity index (χ1v) is 19.9. The molecule has 0 amide bonds. The number of benzene rings is 1. The highest BCUT2D eigenvalue weighted by atomic mass is 35.5. The Labute approximate surface area is 337 Å². The fourth-order valence-corrected chi connectivity index (χ4v) is 9.98. The first-order chi connectivity index (χ1) is 26.8. The summed E-state index contributed by atoms with van der Waals surface area (Å²) in [5.74, 6) is -4.48.